The average Bonchev–Trinajstić information content (AvgIpc) is 2.62. The summed E-state index contributed by atoms with van der Waals surface area (Å²) in [5, 5.41) is 0. The lowest BCUT2D eigenvalue weighted by Crippen LogP contribution is -2.04. The van der Waals surface area contributed by atoms with Crippen LogP contribution in [0.5, 0.6) is 11.5 Å². The van der Waals surface area contributed by atoms with Crippen molar-refractivity contribution in [2.45, 2.75) is 12.8 Å². The number of methoxy groups -OCH3 is 2. The van der Waals surface area contributed by atoms with Crippen LogP contribution in [0.4, 0.5) is 5.95 Å². The predicted octanol–water partition coefficient (Wildman–Crippen LogP) is 3.26. The number of hydrogen-bond donors (Lipinski definition) is 1. The van der Waals surface area contributed by atoms with Crippen molar-refractivity contribution in [3.63, 3.8) is 0 Å². The molecule has 0 aliphatic rings. The van der Waals surface area contributed by atoms with Crippen LogP contribution in [0.15, 0.2) is 54.6 Å². The van der Waals surface area contributed by atoms with Gasteiger partial charge in [0, 0.05) is 12.8 Å². The van der Waals surface area contributed by atoms with Gasteiger partial charge in [0.15, 0.2) is 0 Å². The monoisotopic (exact) mass is 335 g/mol. The van der Waals surface area contributed by atoms with Crippen LogP contribution in [-0.2, 0) is 12.8 Å². The van der Waals surface area contributed by atoms with Crippen LogP contribution in [0.2, 0.25) is 0 Å². The zero-order chi connectivity index (χ0) is 17.6. The van der Waals surface area contributed by atoms with Gasteiger partial charge in [0.05, 0.1) is 25.6 Å². The highest BCUT2D eigenvalue weighted by Gasteiger charge is 2.06. The molecule has 5 nitrogen and oxygen atoms in total. The second kappa shape index (κ2) is 7.66. The van der Waals surface area contributed by atoms with E-state index in [1.807, 2.05) is 54.6 Å². The Hall–Kier alpha value is -3.08. The van der Waals surface area contributed by atoms with E-state index < -0.39 is 0 Å². The fraction of sp³-hybridized carbons (Fsp3) is 0.200. The van der Waals surface area contributed by atoms with E-state index in [1.165, 1.54) is 0 Å². The van der Waals surface area contributed by atoms with Gasteiger partial charge in [-0.3, -0.25) is 0 Å². The van der Waals surface area contributed by atoms with E-state index in [1.54, 1.807) is 14.2 Å². The quantitative estimate of drug-likeness (QED) is 0.749. The minimum Gasteiger partial charge on any atom is -0.497 e. The van der Waals surface area contributed by atoms with Crippen LogP contribution in [0.1, 0.15) is 22.5 Å². The number of nitrogens with zero attached hydrogens (tertiary/aromatic N) is 2. The Morgan fingerprint density at radius 2 is 1.12 bits per heavy atom. The first kappa shape index (κ1) is 16.8. The molecule has 3 rings (SSSR count). The molecule has 0 fully saturated rings. The molecule has 2 N–H and O–H groups in total. The summed E-state index contributed by atoms with van der Waals surface area (Å²) in [5.74, 6) is 1.98. The third-order valence-electron chi connectivity index (χ3n) is 3.94. The first-order chi connectivity index (χ1) is 12.2. The molecule has 0 aliphatic carbocycles. The third kappa shape index (κ3) is 4.47. The minimum absolute atomic E-state index is 0.300. The van der Waals surface area contributed by atoms with Crippen molar-refractivity contribution in [2.24, 2.45) is 0 Å². The van der Waals surface area contributed by atoms with Gasteiger partial charge in [-0.1, -0.05) is 24.3 Å². The van der Waals surface area contributed by atoms with Crippen molar-refractivity contribution < 1.29 is 9.47 Å². The molecule has 25 heavy (non-hydrogen) atoms. The molecular formula is C20H21N3O2. The Morgan fingerprint density at radius 3 is 1.48 bits per heavy atom. The van der Waals surface area contributed by atoms with E-state index in [-0.39, 0.29) is 0 Å². The van der Waals surface area contributed by atoms with Crippen LogP contribution in [0, 0.1) is 0 Å². The Morgan fingerprint density at radius 1 is 0.720 bits per heavy atom. The molecule has 0 unspecified atom stereocenters. The van der Waals surface area contributed by atoms with Gasteiger partial charge in [0.1, 0.15) is 11.5 Å². The van der Waals surface area contributed by atoms with Crippen LogP contribution in [0.25, 0.3) is 0 Å². The minimum atomic E-state index is 0.300. The third-order valence-corrected chi connectivity index (χ3v) is 3.94. The highest BCUT2D eigenvalue weighted by molar-refractivity contribution is 5.34. The maximum absolute atomic E-state index is 5.90. The molecular weight excluding hydrogens is 314 g/mol. The van der Waals surface area contributed by atoms with Gasteiger partial charge in [-0.2, -0.15) is 0 Å². The molecule has 0 radical (unpaired) electrons. The summed E-state index contributed by atoms with van der Waals surface area (Å²) in [4.78, 5) is 8.71. The van der Waals surface area contributed by atoms with E-state index in [4.69, 9.17) is 15.2 Å². The standard InChI is InChI=1S/C20H21N3O2/c1-24-18-7-3-14(4-8-18)11-16-13-17(23-20(21)22-16)12-15-5-9-19(25-2)10-6-15/h3-10,13H,11-12H2,1-2H3,(H2,21,22,23). The number of nitrogen functional groups attached to an aromatic ring is 1. The molecule has 128 valence electrons. The van der Waals surface area contributed by atoms with Crippen LogP contribution >= 0.6 is 0 Å². The summed E-state index contributed by atoms with van der Waals surface area (Å²) < 4.78 is 10.4. The van der Waals surface area contributed by atoms with E-state index in [0.717, 1.165) is 34.0 Å². The second-order valence-electron chi connectivity index (χ2n) is 5.76. The first-order valence-electron chi connectivity index (χ1n) is 8.04. The molecule has 1 heterocycles. The van der Waals surface area contributed by atoms with E-state index in [2.05, 4.69) is 9.97 Å². The topological polar surface area (TPSA) is 70.3 Å². The molecule has 0 saturated carbocycles. The molecule has 0 saturated heterocycles. The van der Waals surface area contributed by atoms with E-state index >= 15 is 0 Å². The molecule has 2 aromatic carbocycles. The van der Waals surface area contributed by atoms with Crippen molar-refractivity contribution >= 4 is 5.95 Å². The van der Waals surface area contributed by atoms with Gasteiger partial charge < -0.3 is 15.2 Å². The summed E-state index contributed by atoms with van der Waals surface area (Å²) in [6.07, 6.45) is 1.40. The predicted molar refractivity (Wildman–Crippen MR) is 98.0 cm³/mol. The fourth-order valence-corrected chi connectivity index (χ4v) is 2.66. The van der Waals surface area contributed by atoms with Crippen molar-refractivity contribution in [3.05, 3.63) is 77.1 Å². The Balaban J connectivity index is 1.76. The smallest absolute Gasteiger partial charge is 0.220 e. The Labute approximate surface area is 147 Å². The summed E-state index contributed by atoms with van der Waals surface area (Å²) in [6, 6.07) is 17.9. The van der Waals surface area contributed by atoms with Gasteiger partial charge in [0.25, 0.3) is 0 Å². The largest absolute Gasteiger partial charge is 0.497 e. The van der Waals surface area contributed by atoms with Crippen molar-refractivity contribution in [2.75, 3.05) is 20.0 Å². The van der Waals surface area contributed by atoms with Crippen molar-refractivity contribution in [1.82, 2.24) is 9.97 Å². The molecule has 5 heteroatoms. The molecule has 0 spiro atoms. The maximum Gasteiger partial charge on any atom is 0.220 e. The first-order valence-corrected chi connectivity index (χ1v) is 8.04. The number of nitrogens with two attached hydrogens (primary N) is 1. The summed E-state index contributed by atoms with van der Waals surface area (Å²) in [7, 11) is 3.32. The molecule has 0 amide bonds. The fourth-order valence-electron chi connectivity index (χ4n) is 2.66. The zero-order valence-corrected chi connectivity index (χ0v) is 14.4. The molecule has 3 aromatic rings. The van der Waals surface area contributed by atoms with Crippen LogP contribution in [0.3, 0.4) is 0 Å². The molecule has 0 aliphatic heterocycles. The van der Waals surface area contributed by atoms with Gasteiger partial charge in [-0.15, -0.1) is 0 Å². The van der Waals surface area contributed by atoms with E-state index in [0.29, 0.717) is 18.8 Å². The summed E-state index contributed by atoms with van der Waals surface area (Å²) in [5.41, 5.74) is 10.00. The second-order valence-corrected chi connectivity index (χ2v) is 5.76. The summed E-state index contributed by atoms with van der Waals surface area (Å²) in [6.45, 7) is 0. The van der Waals surface area contributed by atoms with Gasteiger partial charge in [-0.25, -0.2) is 9.97 Å². The summed E-state index contributed by atoms with van der Waals surface area (Å²) >= 11 is 0. The number of benzene rings is 2. The van der Waals surface area contributed by atoms with Gasteiger partial charge in [-0.05, 0) is 41.5 Å². The number of rotatable bonds is 6. The van der Waals surface area contributed by atoms with Gasteiger partial charge in [0.2, 0.25) is 5.95 Å². The molecule has 1 aromatic heterocycles. The lowest BCUT2D eigenvalue weighted by molar-refractivity contribution is 0.414. The van der Waals surface area contributed by atoms with Crippen molar-refractivity contribution in [1.29, 1.82) is 0 Å². The molecule has 0 bridgehead atoms. The van der Waals surface area contributed by atoms with E-state index in [9.17, 15) is 0 Å². The zero-order valence-electron chi connectivity index (χ0n) is 14.4. The maximum atomic E-state index is 5.90. The number of anilines is 1. The average molecular weight is 335 g/mol. The highest BCUT2D eigenvalue weighted by atomic mass is 16.5. The van der Waals surface area contributed by atoms with Crippen LogP contribution in [-0.4, -0.2) is 24.2 Å². The SMILES string of the molecule is COc1ccc(Cc2cc(Cc3ccc(OC)cc3)nc(N)n2)cc1. The lowest BCUT2D eigenvalue weighted by atomic mass is 10.1. The van der Waals surface area contributed by atoms with Crippen LogP contribution < -0.4 is 15.2 Å². The number of ether oxygens (including phenoxy) is 2. The highest BCUT2D eigenvalue weighted by Crippen LogP contribution is 2.17. The molecule has 0 atom stereocenters. The number of hydrogen-bond acceptors (Lipinski definition) is 5. The normalized spacial score (nSPS) is 10.5. The Kier molecular flexibility index (Phi) is 5.14. The number of aromatic nitrogens is 2. The van der Waals surface area contributed by atoms with Gasteiger partial charge >= 0.3 is 0 Å². The Bertz CT molecular complexity index is 763. The van der Waals surface area contributed by atoms with Crippen molar-refractivity contribution in [3.8, 4) is 11.5 Å². The lowest BCUT2D eigenvalue weighted by Gasteiger charge is -2.08.